The molecule has 0 rings (SSSR count). The molecule has 0 radical (unpaired) electrons. The maximum atomic E-state index is 10.0. The Kier molecular flexibility index (Phi) is 6.38. The predicted molar refractivity (Wildman–Crippen MR) is 44.1 cm³/mol. The number of carboxylic acid groups (broad SMARTS) is 1. The fraction of sp³-hybridized carbons (Fsp3) is 0.571. The first-order valence-corrected chi connectivity index (χ1v) is 4.45. The highest BCUT2D eigenvalue weighted by molar-refractivity contribution is 8.01. The zero-order valence-corrected chi connectivity index (χ0v) is 6.86. The molecule has 0 aromatic rings. The van der Waals surface area contributed by atoms with E-state index in [9.17, 15) is 4.79 Å². The Morgan fingerprint density at radius 1 is 1.70 bits per heavy atom. The molecule has 0 saturated heterocycles. The van der Waals surface area contributed by atoms with Crippen molar-refractivity contribution >= 4 is 17.7 Å². The first-order chi connectivity index (χ1) is 4.77. The molecule has 0 aromatic heterocycles. The molecule has 0 saturated carbocycles. The van der Waals surface area contributed by atoms with E-state index in [0.29, 0.717) is 0 Å². The summed E-state index contributed by atoms with van der Waals surface area (Å²) in [7, 11) is 0. The van der Waals surface area contributed by atoms with Crippen LogP contribution in [0.3, 0.4) is 0 Å². The number of unbranched alkanes of at least 4 members (excludes halogenated alkanes) is 1. The quantitative estimate of drug-likeness (QED) is 0.626. The maximum absolute atomic E-state index is 10.0. The van der Waals surface area contributed by atoms with Gasteiger partial charge in [0.1, 0.15) is 0 Å². The number of carbonyl (C=O) groups is 1. The highest BCUT2D eigenvalue weighted by Crippen LogP contribution is 2.00. The Morgan fingerprint density at radius 2 is 2.40 bits per heavy atom. The molecule has 0 amide bonds. The van der Waals surface area contributed by atoms with Crippen molar-refractivity contribution in [2.45, 2.75) is 19.3 Å². The number of rotatable bonds is 5. The van der Waals surface area contributed by atoms with Crippen LogP contribution >= 0.6 is 11.8 Å². The average Bonchev–Trinajstić information content (AvgIpc) is 1.87. The van der Waals surface area contributed by atoms with Gasteiger partial charge in [-0.15, -0.1) is 11.8 Å². The molecular weight excluding hydrogens is 148 g/mol. The van der Waals surface area contributed by atoms with Crippen LogP contribution in [0, 0.1) is 0 Å². The van der Waals surface area contributed by atoms with Gasteiger partial charge in [0.05, 0.1) is 0 Å². The number of thioether (sulfide) groups is 1. The maximum Gasteiger partial charge on any atom is 0.303 e. The second-order valence-corrected chi connectivity index (χ2v) is 2.64. The Balaban J connectivity index is 3.05. The second kappa shape index (κ2) is 6.68. The Bertz CT molecular complexity index is 121. The van der Waals surface area contributed by atoms with E-state index in [0.717, 1.165) is 12.8 Å². The van der Waals surface area contributed by atoms with Crippen LogP contribution in [0.15, 0.2) is 11.5 Å². The minimum atomic E-state index is -0.711. The summed E-state index contributed by atoms with van der Waals surface area (Å²) < 4.78 is 0. The van der Waals surface area contributed by atoms with Gasteiger partial charge in [0.2, 0.25) is 0 Å². The molecule has 2 nitrogen and oxygen atoms in total. The number of hydrogen-bond donors (Lipinski definition) is 1. The molecule has 58 valence electrons. The molecule has 0 heterocycles. The lowest BCUT2D eigenvalue weighted by atomic mass is 10.2. The van der Waals surface area contributed by atoms with E-state index in [1.165, 1.54) is 0 Å². The van der Waals surface area contributed by atoms with E-state index >= 15 is 0 Å². The molecule has 0 spiro atoms. The van der Waals surface area contributed by atoms with E-state index in [1.807, 2.05) is 17.7 Å². The van der Waals surface area contributed by atoms with E-state index in [2.05, 4.69) is 0 Å². The summed E-state index contributed by atoms with van der Waals surface area (Å²) in [6, 6.07) is 0. The summed E-state index contributed by atoms with van der Waals surface area (Å²) in [5.74, 6) is -0.711. The van der Waals surface area contributed by atoms with Crippen LogP contribution in [0.2, 0.25) is 0 Å². The van der Waals surface area contributed by atoms with Crippen molar-refractivity contribution in [1.82, 2.24) is 0 Å². The fourth-order valence-electron chi connectivity index (χ4n) is 0.535. The molecule has 1 N–H and O–H groups in total. The third kappa shape index (κ3) is 7.56. The van der Waals surface area contributed by atoms with Gasteiger partial charge in [0.15, 0.2) is 0 Å². The van der Waals surface area contributed by atoms with Gasteiger partial charge in [-0.2, -0.15) is 0 Å². The smallest absolute Gasteiger partial charge is 0.303 e. The second-order valence-electron chi connectivity index (χ2n) is 1.89. The van der Waals surface area contributed by atoms with Gasteiger partial charge in [-0.25, -0.2) is 0 Å². The van der Waals surface area contributed by atoms with Crippen LogP contribution in [-0.4, -0.2) is 17.3 Å². The molecule has 0 aliphatic carbocycles. The van der Waals surface area contributed by atoms with Crippen molar-refractivity contribution in [2.24, 2.45) is 0 Å². The fourth-order valence-corrected chi connectivity index (χ4v) is 0.864. The SMILES string of the molecule is CS/C=C/CCCC(=O)O. The van der Waals surface area contributed by atoms with E-state index in [1.54, 1.807) is 11.8 Å². The summed E-state index contributed by atoms with van der Waals surface area (Å²) >= 11 is 1.63. The van der Waals surface area contributed by atoms with E-state index in [-0.39, 0.29) is 6.42 Å². The normalized spacial score (nSPS) is 10.5. The van der Waals surface area contributed by atoms with Crippen molar-refractivity contribution in [3.05, 3.63) is 11.5 Å². The number of hydrogen-bond acceptors (Lipinski definition) is 2. The minimum absolute atomic E-state index is 0.277. The highest BCUT2D eigenvalue weighted by atomic mass is 32.2. The summed E-state index contributed by atoms with van der Waals surface area (Å²) in [4.78, 5) is 10.0. The first kappa shape index (κ1) is 9.56. The van der Waals surface area contributed by atoms with Gasteiger partial charge in [0, 0.05) is 6.42 Å². The van der Waals surface area contributed by atoms with Crippen molar-refractivity contribution in [2.75, 3.05) is 6.26 Å². The molecule has 3 heteroatoms. The van der Waals surface area contributed by atoms with Crippen LogP contribution in [0.5, 0.6) is 0 Å². The largest absolute Gasteiger partial charge is 0.481 e. The zero-order chi connectivity index (χ0) is 7.82. The third-order valence-electron chi connectivity index (χ3n) is 0.994. The van der Waals surface area contributed by atoms with Gasteiger partial charge in [-0.3, -0.25) is 4.79 Å². The van der Waals surface area contributed by atoms with Crippen LogP contribution in [-0.2, 0) is 4.79 Å². The standard InChI is InChI=1S/C7H12O2S/c1-10-6-4-2-3-5-7(8)9/h4,6H,2-3,5H2,1H3,(H,8,9)/b6-4+. The van der Waals surface area contributed by atoms with Crippen LogP contribution in [0.25, 0.3) is 0 Å². The molecule has 0 bridgehead atoms. The van der Waals surface area contributed by atoms with Crippen molar-refractivity contribution in [1.29, 1.82) is 0 Å². The monoisotopic (exact) mass is 160 g/mol. The first-order valence-electron chi connectivity index (χ1n) is 3.17. The number of aliphatic carboxylic acids is 1. The Labute approximate surface area is 65.3 Å². The minimum Gasteiger partial charge on any atom is -0.481 e. The van der Waals surface area contributed by atoms with Gasteiger partial charge >= 0.3 is 5.97 Å². The van der Waals surface area contributed by atoms with Crippen molar-refractivity contribution in [3.8, 4) is 0 Å². The van der Waals surface area contributed by atoms with Gasteiger partial charge in [0.25, 0.3) is 0 Å². The van der Waals surface area contributed by atoms with Crippen molar-refractivity contribution in [3.63, 3.8) is 0 Å². The summed E-state index contributed by atoms with van der Waals surface area (Å²) in [5.41, 5.74) is 0. The van der Waals surface area contributed by atoms with Crippen LogP contribution in [0.4, 0.5) is 0 Å². The highest BCUT2D eigenvalue weighted by Gasteiger charge is 1.92. The lowest BCUT2D eigenvalue weighted by Crippen LogP contribution is -1.92. The summed E-state index contributed by atoms with van der Waals surface area (Å²) in [6.07, 6.45) is 5.86. The molecule has 0 atom stereocenters. The van der Waals surface area contributed by atoms with Gasteiger partial charge in [-0.05, 0) is 24.5 Å². The molecule has 0 unspecified atom stereocenters. The van der Waals surface area contributed by atoms with Gasteiger partial charge in [-0.1, -0.05) is 6.08 Å². The lowest BCUT2D eigenvalue weighted by Gasteiger charge is -1.88. The van der Waals surface area contributed by atoms with Crippen LogP contribution < -0.4 is 0 Å². The molecule has 0 fully saturated rings. The zero-order valence-electron chi connectivity index (χ0n) is 6.04. The number of allylic oxidation sites excluding steroid dienone is 1. The lowest BCUT2D eigenvalue weighted by molar-refractivity contribution is -0.137. The third-order valence-corrected chi connectivity index (χ3v) is 1.46. The average molecular weight is 160 g/mol. The molecule has 0 aromatic carbocycles. The molecular formula is C7H12O2S. The topological polar surface area (TPSA) is 37.3 Å². The Morgan fingerprint density at radius 3 is 2.90 bits per heavy atom. The summed E-state index contributed by atoms with van der Waals surface area (Å²) in [6.45, 7) is 0. The van der Waals surface area contributed by atoms with Crippen LogP contribution in [0.1, 0.15) is 19.3 Å². The molecule has 10 heavy (non-hydrogen) atoms. The van der Waals surface area contributed by atoms with E-state index < -0.39 is 5.97 Å². The van der Waals surface area contributed by atoms with Crippen molar-refractivity contribution < 1.29 is 9.90 Å². The summed E-state index contributed by atoms with van der Waals surface area (Å²) in [5, 5.41) is 10.2. The Hall–Kier alpha value is -0.440. The predicted octanol–water partition coefficient (Wildman–Crippen LogP) is 2.12. The number of carboxylic acids is 1. The molecule has 0 aliphatic heterocycles. The van der Waals surface area contributed by atoms with Gasteiger partial charge < -0.3 is 5.11 Å². The van der Waals surface area contributed by atoms with E-state index in [4.69, 9.17) is 5.11 Å². The molecule has 0 aliphatic rings.